The number of aryl methyl sites for hydroxylation is 2. The molecule has 17 heavy (non-hydrogen) atoms. The average molecular weight is 233 g/mol. The summed E-state index contributed by atoms with van der Waals surface area (Å²) in [5, 5.41) is 1.36. The zero-order valence-electron chi connectivity index (χ0n) is 11.4. The highest BCUT2D eigenvalue weighted by Crippen LogP contribution is 2.19. The van der Waals surface area contributed by atoms with E-state index in [9.17, 15) is 0 Å². The third-order valence-corrected chi connectivity index (χ3v) is 2.86. The second kappa shape index (κ2) is 7.13. The van der Waals surface area contributed by atoms with Crippen LogP contribution >= 0.6 is 0 Å². The SMILES string of the molecule is CCOC.CCc1cc2ccccc2n1CC. The first-order valence-corrected chi connectivity index (χ1v) is 6.34. The Labute approximate surface area is 104 Å². The molecule has 0 N–H and O–H groups in total. The number of para-hydroxylation sites is 1. The third kappa shape index (κ3) is 3.34. The number of nitrogens with zero attached hydrogens (tertiary/aromatic N) is 1. The summed E-state index contributed by atoms with van der Waals surface area (Å²) >= 11 is 0. The van der Waals surface area contributed by atoms with Crippen molar-refractivity contribution in [2.75, 3.05) is 13.7 Å². The molecule has 2 rings (SSSR count). The van der Waals surface area contributed by atoms with Crippen molar-refractivity contribution in [1.82, 2.24) is 4.57 Å². The summed E-state index contributed by atoms with van der Waals surface area (Å²) in [6.45, 7) is 8.25. The molecule has 1 aromatic carbocycles. The minimum atomic E-state index is 0.819. The molecule has 0 fully saturated rings. The molecule has 0 aliphatic heterocycles. The lowest BCUT2D eigenvalue weighted by atomic mass is 10.2. The molecule has 2 heteroatoms. The molecule has 0 aliphatic carbocycles. The van der Waals surface area contributed by atoms with E-state index in [0.29, 0.717) is 0 Å². The van der Waals surface area contributed by atoms with Gasteiger partial charge in [0.05, 0.1) is 0 Å². The van der Waals surface area contributed by atoms with Crippen LogP contribution in [0.15, 0.2) is 30.3 Å². The molecule has 0 saturated heterocycles. The van der Waals surface area contributed by atoms with E-state index in [-0.39, 0.29) is 0 Å². The van der Waals surface area contributed by atoms with Crippen LogP contribution in [0.4, 0.5) is 0 Å². The van der Waals surface area contributed by atoms with Crippen LogP contribution in [0.3, 0.4) is 0 Å². The molecule has 0 saturated carbocycles. The summed E-state index contributed by atoms with van der Waals surface area (Å²) in [7, 11) is 1.68. The van der Waals surface area contributed by atoms with Crippen molar-refractivity contribution in [2.45, 2.75) is 33.7 Å². The maximum absolute atomic E-state index is 4.54. The van der Waals surface area contributed by atoms with Crippen molar-refractivity contribution in [3.63, 3.8) is 0 Å². The van der Waals surface area contributed by atoms with Gasteiger partial charge in [0, 0.05) is 31.5 Å². The molecule has 1 heterocycles. The smallest absolute Gasteiger partial charge is 0.0482 e. The summed E-state index contributed by atoms with van der Waals surface area (Å²) < 4.78 is 6.93. The van der Waals surface area contributed by atoms with Gasteiger partial charge in [0.2, 0.25) is 0 Å². The molecule has 2 nitrogen and oxygen atoms in total. The van der Waals surface area contributed by atoms with E-state index in [1.807, 2.05) is 6.92 Å². The van der Waals surface area contributed by atoms with Crippen LogP contribution in [0.25, 0.3) is 10.9 Å². The lowest BCUT2D eigenvalue weighted by molar-refractivity contribution is 0.215. The zero-order chi connectivity index (χ0) is 12.7. The second-order valence-corrected chi connectivity index (χ2v) is 3.87. The largest absolute Gasteiger partial charge is 0.385 e. The number of aromatic nitrogens is 1. The topological polar surface area (TPSA) is 14.2 Å². The quantitative estimate of drug-likeness (QED) is 0.784. The van der Waals surface area contributed by atoms with Gasteiger partial charge in [-0.25, -0.2) is 0 Å². The van der Waals surface area contributed by atoms with Gasteiger partial charge in [-0.3, -0.25) is 0 Å². The number of benzene rings is 1. The van der Waals surface area contributed by atoms with E-state index in [1.54, 1.807) is 7.11 Å². The Morgan fingerprint density at radius 1 is 1.12 bits per heavy atom. The first kappa shape index (κ1) is 13.8. The summed E-state index contributed by atoms with van der Waals surface area (Å²) in [6.07, 6.45) is 1.11. The van der Waals surface area contributed by atoms with E-state index >= 15 is 0 Å². The van der Waals surface area contributed by atoms with E-state index in [2.05, 4.69) is 53.5 Å². The molecule has 2 aromatic rings. The molecule has 94 valence electrons. The Bertz CT molecular complexity index is 443. The van der Waals surface area contributed by atoms with Crippen molar-refractivity contribution < 1.29 is 4.74 Å². The number of rotatable bonds is 3. The predicted octanol–water partition coefficient (Wildman–Crippen LogP) is 3.88. The Morgan fingerprint density at radius 2 is 1.76 bits per heavy atom. The molecule has 0 amide bonds. The summed E-state index contributed by atoms with van der Waals surface area (Å²) in [5.74, 6) is 0. The van der Waals surface area contributed by atoms with Crippen molar-refractivity contribution in [3.8, 4) is 0 Å². The van der Waals surface area contributed by atoms with Crippen LogP contribution < -0.4 is 0 Å². The standard InChI is InChI=1S/C12H15N.C3H8O/c1-3-11-9-10-7-5-6-8-12(10)13(11)4-2;1-3-4-2/h5-9H,3-4H2,1-2H3;3H2,1-2H3. The average Bonchev–Trinajstić information content (AvgIpc) is 2.76. The van der Waals surface area contributed by atoms with Gasteiger partial charge < -0.3 is 9.30 Å². The molecule has 0 aliphatic rings. The van der Waals surface area contributed by atoms with Crippen LogP contribution in [0, 0.1) is 0 Å². The molecule has 0 unspecified atom stereocenters. The molecular weight excluding hydrogens is 210 g/mol. The molecule has 0 radical (unpaired) electrons. The number of hydrogen-bond donors (Lipinski definition) is 0. The van der Waals surface area contributed by atoms with E-state index in [0.717, 1.165) is 19.6 Å². The van der Waals surface area contributed by atoms with Crippen LogP contribution in [-0.2, 0) is 17.7 Å². The highest BCUT2D eigenvalue weighted by Gasteiger charge is 2.03. The van der Waals surface area contributed by atoms with Gasteiger partial charge in [-0.15, -0.1) is 0 Å². The number of fused-ring (bicyclic) bond motifs is 1. The fraction of sp³-hybridized carbons (Fsp3) is 0.467. The highest BCUT2D eigenvalue weighted by atomic mass is 16.5. The fourth-order valence-electron chi connectivity index (χ4n) is 1.93. The van der Waals surface area contributed by atoms with E-state index in [1.165, 1.54) is 16.6 Å². The molecule has 0 atom stereocenters. The van der Waals surface area contributed by atoms with Crippen molar-refractivity contribution >= 4 is 10.9 Å². The Hall–Kier alpha value is -1.28. The predicted molar refractivity (Wildman–Crippen MR) is 74.5 cm³/mol. The lowest BCUT2D eigenvalue weighted by Crippen LogP contribution is -1.98. The molecule has 0 spiro atoms. The van der Waals surface area contributed by atoms with Crippen LogP contribution in [0.5, 0.6) is 0 Å². The normalized spacial score (nSPS) is 10.1. The summed E-state index contributed by atoms with van der Waals surface area (Å²) in [4.78, 5) is 0. The first-order valence-electron chi connectivity index (χ1n) is 6.34. The second-order valence-electron chi connectivity index (χ2n) is 3.87. The first-order chi connectivity index (χ1) is 8.28. The molecule has 1 aromatic heterocycles. The van der Waals surface area contributed by atoms with E-state index < -0.39 is 0 Å². The van der Waals surface area contributed by atoms with Gasteiger partial charge in [-0.2, -0.15) is 0 Å². The minimum Gasteiger partial charge on any atom is -0.385 e. The fourth-order valence-corrected chi connectivity index (χ4v) is 1.93. The maximum atomic E-state index is 4.54. The molecule has 0 bridgehead atoms. The van der Waals surface area contributed by atoms with Crippen molar-refractivity contribution in [2.24, 2.45) is 0 Å². The van der Waals surface area contributed by atoms with Gasteiger partial charge in [0.15, 0.2) is 0 Å². The summed E-state index contributed by atoms with van der Waals surface area (Å²) in [5.41, 5.74) is 2.80. The monoisotopic (exact) mass is 233 g/mol. The Morgan fingerprint density at radius 3 is 2.29 bits per heavy atom. The van der Waals surface area contributed by atoms with Gasteiger partial charge in [0.1, 0.15) is 0 Å². The highest BCUT2D eigenvalue weighted by molar-refractivity contribution is 5.81. The van der Waals surface area contributed by atoms with Gasteiger partial charge in [0.25, 0.3) is 0 Å². The van der Waals surface area contributed by atoms with Crippen LogP contribution in [-0.4, -0.2) is 18.3 Å². The zero-order valence-corrected chi connectivity index (χ0v) is 11.4. The number of methoxy groups -OCH3 is 1. The third-order valence-electron chi connectivity index (χ3n) is 2.86. The van der Waals surface area contributed by atoms with Gasteiger partial charge in [-0.1, -0.05) is 25.1 Å². The number of hydrogen-bond acceptors (Lipinski definition) is 1. The lowest BCUT2D eigenvalue weighted by Gasteiger charge is -2.04. The van der Waals surface area contributed by atoms with Crippen molar-refractivity contribution in [1.29, 1.82) is 0 Å². The van der Waals surface area contributed by atoms with Gasteiger partial charge >= 0.3 is 0 Å². The van der Waals surface area contributed by atoms with Crippen LogP contribution in [0.1, 0.15) is 26.5 Å². The Kier molecular flexibility index (Phi) is 5.78. The van der Waals surface area contributed by atoms with Gasteiger partial charge in [-0.05, 0) is 37.8 Å². The molecular formula is C15H23NO. The van der Waals surface area contributed by atoms with Crippen LogP contribution in [0.2, 0.25) is 0 Å². The Balaban J connectivity index is 0.000000317. The van der Waals surface area contributed by atoms with Crippen molar-refractivity contribution in [3.05, 3.63) is 36.0 Å². The number of ether oxygens (including phenoxy) is 1. The summed E-state index contributed by atoms with van der Waals surface area (Å²) in [6, 6.07) is 10.9. The minimum absolute atomic E-state index is 0.819. The maximum Gasteiger partial charge on any atom is 0.0482 e. The van der Waals surface area contributed by atoms with E-state index in [4.69, 9.17) is 0 Å².